The number of thiazole rings is 1. The summed E-state index contributed by atoms with van der Waals surface area (Å²) in [5.74, 6) is 1.04. The number of hydrogen-bond acceptors (Lipinski definition) is 7. The molecule has 166 valence electrons. The van der Waals surface area contributed by atoms with Gasteiger partial charge in [0.05, 0.1) is 12.4 Å². The molecule has 0 aliphatic carbocycles. The number of ether oxygens (including phenoxy) is 1. The maximum atomic E-state index is 12.6. The van der Waals surface area contributed by atoms with Gasteiger partial charge >= 0.3 is 0 Å². The van der Waals surface area contributed by atoms with Gasteiger partial charge in [-0.1, -0.05) is 36.9 Å². The fraction of sp³-hybridized carbons (Fsp3) is 0.429. The van der Waals surface area contributed by atoms with Crippen molar-refractivity contribution in [2.24, 2.45) is 0 Å². The third-order valence-electron chi connectivity index (χ3n) is 4.50. The first-order chi connectivity index (χ1) is 15.0. The molecule has 0 aliphatic heterocycles. The lowest BCUT2D eigenvalue weighted by atomic mass is 10.3. The molecule has 1 amide bonds. The van der Waals surface area contributed by atoms with Crippen LogP contribution in [-0.2, 0) is 4.79 Å². The van der Waals surface area contributed by atoms with Crippen LogP contribution in [0.2, 0.25) is 0 Å². The van der Waals surface area contributed by atoms with E-state index in [0.29, 0.717) is 26.1 Å². The molecule has 0 atom stereocenters. The smallest absolute Gasteiger partial charge is 0.271 e. The standard InChI is InChI=1S/C21H26N4O3S3/c1-4-11-24(12-5-2)16(26)13-30-20-22-18-17(19(27)23-20)31-21(29)25(18)14-7-9-15(10-8-14)28-6-3/h7-10H,4-6,11-13H2,1-3H3,(H,22,23,27). The van der Waals surface area contributed by atoms with Crippen molar-refractivity contribution in [2.75, 3.05) is 25.4 Å². The first kappa shape index (κ1) is 23.5. The van der Waals surface area contributed by atoms with E-state index in [9.17, 15) is 9.59 Å². The average Bonchev–Trinajstić information content (AvgIpc) is 3.09. The van der Waals surface area contributed by atoms with Crippen LogP contribution in [0.25, 0.3) is 16.0 Å². The molecule has 7 nitrogen and oxygen atoms in total. The summed E-state index contributed by atoms with van der Waals surface area (Å²) < 4.78 is 8.28. The van der Waals surface area contributed by atoms with Crippen LogP contribution in [0.4, 0.5) is 0 Å². The fourth-order valence-corrected chi connectivity index (χ4v) is 5.20. The zero-order chi connectivity index (χ0) is 22.4. The predicted octanol–water partition coefficient (Wildman–Crippen LogP) is 4.64. The van der Waals surface area contributed by atoms with Crippen LogP contribution in [0.5, 0.6) is 5.75 Å². The topological polar surface area (TPSA) is 80.2 Å². The van der Waals surface area contributed by atoms with Gasteiger partial charge in [0.1, 0.15) is 10.4 Å². The molecule has 0 bridgehead atoms. The predicted molar refractivity (Wildman–Crippen MR) is 129 cm³/mol. The van der Waals surface area contributed by atoms with Gasteiger partial charge in [0, 0.05) is 18.8 Å². The maximum Gasteiger partial charge on any atom is 0.271 e. The van der Waals surface area contributed by atoms with E-state index < -0.39 is 0 Å². The zero-order valence-electron chi connectivity index (χ0n) is 17.8. The van der Waals surface area contributed by atoms with Gasteiger partial charge in [0.25, 0.3) is 5.56 Å². The Hall–Kier alpha value is -2.17. The highest BCUT2D eigenvalue weighted by Crippen LogP contribution is 2.26. The van der Waals surface area contributed by atoms with Gasteiger partial charge < -0.3 is 14.6 Å². The Morgan fingerprint density at radius 2 is 1.90 bits per heavy atom. The molecule has 0 radical (unpaired) electrons. The van der Waals surface area contributed by atoms with Crippen LogP contribution in [-0.4, -0.2) is 50.8 Å². The molecule has 0 saturated heterocycles. The number of thioether (sulfide) groups is 1. The van der Waals surface area contributed by atoms with Crippen molar-refractivity contribution in [3.05, 3.63) is 38.6 Å². The Morgan fingerprint density at radius 3 is 2.52 bits per heavy atom. The lowest BCUT2D eigenvalue weighted by Crippen LogP contribution is -2.33. The number of benzene rings is 1. The van der Waals surface area contributed by atoms with E-state index in [-0.39, 0.29) is 17.2 Å². The Labute approximate surface area is 194 Å². The second kappa shape index (κ2) is 10.9. The van der Waals surface area contributed by atoms with Crippen LogP contribution in [0.15, 0.2) is 34.2 Å². The number of rotatable bonds is 10. The lowest BCUT2D eigenvalue weighted by Gasteiger charge is -2.21. The molecule has 0 saturated carbocycles. The fourth-order valence-electron chi connectivity index (χ4n) is 3.17. The molecule has 1 aromatic carbocycles. The van der Waals surface area contributed by atoms with Crippen LogP contribution >= 0.6 is 35.3 Å². The SMILES string of the molecule is CCCN(CCC)C(=O)CSc1nc2c(sc(=S)n2-c2ccc(OCC)cc2)c(=O)[nH]1. The van der Waals surface area contributed by atoms with E-state index in [1.807, 2.05) is 36.1 Å². The number of nitrogens with one attached hydrogen (secondary N) is 1. The number of H-pyrrole nitrogens is 1. The third kappa shape index (κ3) is 5.55. The summed E-state index contributed by atoms with van der Waals surface area (Å²) in [6.45, 7) is 8.09. The van der Waals surface area contributed by atoms with Gasteiger partial charge in [-0.3, -0.25) is 14.2 Å². The van der Waals surface area contributed by atoms with Gasteiger partial charge in [-0.2, -0.15) is 0 Å². The molecule has 0 aliphatic rings. The van der Waals surface area contributed by atoms with Crippen LogP contribution < -0.4 is 10.3 Å². The van der Waals surface area contributed by atoms with Crippen molar-refractivity contribution in [3.63, 3.8) is 0 Å². The first-order valence-electron chi connectivity index (χ1n) is 10.3. The van der Waals surface area contributed by atoms with E-state index in [2.05, 4.69) is 23.8 Å². The molecule has 2 heterocycles. The molecular weight excluding hydrogens is 452 g/mol. The van der Waals surface area contributed by atoms with Crippen LogP contribution in [0.3, 0.4) is 0 Å². The van der Waals surface area contributed by atoms with E-state index in [0.717, 1.165) is 37.4 Å². The molecule has 3 aromatic rings. The van der Waals surface area contributed by atoms with Gasteiger partial charge in [-0.25, -0.2) is 4.98 Å². The van der Waals surface area contributed by atoms with Gasteiger partial charge in [0.15, 0.2) is 14.8 Å². The largest absolute Gasteiger partial charge is 0.494 e. The number of nitrogens with zero attached hydrogens (tertiary/aromatic N) is 3. The summed E-state index contributed by atoms with van der Waals surface area (Å²) in [5.41, 5.74) is 1.05. The number of hydrogen-bond donors (Lipinski definition) is 1. The van der Waals surface area contributed by atoms with E-state index in [4.69, 9.17) is 17.0 Å². The molecule has 0 spiro atoms. The minimum absolute atomic E-state index is 0.0464. The number of aromatic nitrogens is 3. The second-order valence-electron chi connectivity index (χ2n) is 6.82. The minimum atomic E-state index is -0.250. The molecule has 0 fully saturated rings. The lowest BCUT2D eigenvalue weighted by molar-refractivity contribution is -0.128. The molecule has 3 rings (SSSR count). The highest BCUT2D eigenvalue weighted by molar-refractivity contribution is 7.99. The van der Waals surface area contributed by atoms with E-state index in [1.165, 1.54) is 23.1 Å². The van der Waals surface area contributed by atoms with Crippen LogP contribution in [0.1, 0.15) is 33.6 Å². The Balaban J connectivity index is 1.90. The van der Waals surface area contributed by atoms with Crippen molar-refractivity contribution < 1.29 is 9.53 Å². The number of carbonyl (C=O) groups is 1. The molecule has 10 heteroatoms. The highest BCUT2D eigenvalue weighted by atomic mass is 32.2. The molecular formula is C21H26N4O3S3. The van der Waals surface area contributed by atoms with Crippen molar-refractivity contribution in [3.8, 4) is 11.4 Å². The quantitative estimate of drug-likeness (QED) is 0.260. The Bertz CT molecular complexity index is 1150. The van der Waals surface area contributed by atoms with Crippen molar-refractivity contribution in [1.29, 1.82) is 0 Å². The van der Waals surface area contributed by atoms with Crippen molar-refractivity contribution >= 4 is 51.6 Å². The number of fused-ring (bicyclic) bond motifs is 1. The summed E-state index contributed by atoms with van der Waals surface area (Å²) in [5, 5.41) is 0.409. The zero-order valence-corrected chi connectivity index (χ0v) is 20.3. The maximum absolute atomic E-state index is 12.6. The Kier molecular flexibility index (Phi) is 8.28. The molecule has 31 heavy (non-hydrogen) atoms. The molecule has 0 unspecified atom stereocenters. The molecule has 2 aromatic heterocycles. The highest BCUT2D eigenvalue weighted by Gasteiger charge is 2.16. The van der Waals surface area contributed by atoms with Crippen molar-refractivity contribution in [1.82, 2.24) is 19.4 Å². The number of aromatic amines is 1. The first-order valence-corrected chi connectivity index (χ1v) is 12.5. The third-order valence-corrected chi connectivity index (χ3v) is 6.72. The minimum Gasteiger partial charge on any atom is -0.494 e. The number of carbonyl (C=O) groups excluding carboxylic acids is 1. The summed E-state index contributed by atoms with van der Waals surface area (Å²) in [6.07, 6.45) is 1.83. The van der Waals surface area contributed by atoms with Crippen LogP contribution in [0, 0.1) is 3.95 Å². The summed E-state index contributed by atoms with van der Waals surface area (Å²) >= 11 is 7.97. The normalized spacial score (nSPS) is 11.1. The van der Waals surface area contributed by atoms with Crippen molar-refractivity contribution in [2.45, 2.75) is 38.8 Å². The summed E-state index contributed by atoms with van der Waals surface area (Å²) in [7, 11) is 0. The molecule has 1 N–H and O–H groups in total. The van der Waals surface area contributed by atoms with Gasteiger partial charge in [-0.05, 0) is 56.2 Å². The Morgan fingerprint density at radius 1 is 1.23 bits per heavy atom. The van der Waals surface area contributed by atoms with Gasteiger partial charge in [0.2, 0.25) is 5.91 Å². The second-order valence-corrected chi connectivity index (χ2v) is 9.43. The van der Waals surface area contributed by atoms with Gasteiger partial charge in [-0.15, -0.1) is 0 Å². The summed E-state index contributed by atoms with van der Waals surface area (Å²) in [4.78, 5) is 34.5. The average molecular weight is 479 g/mol. The summed E-state index contributed by atoms with van der Waals surface area (Å²) in [6, 6.07) is 7.50. The van der Waals surface area contributed by atoms with E-state index in [1.54, 1.807) is 4.57 Å². The van der Waals surface area contributed by atoms with E-state index >= 15 is 0 Å². The monoisotopic (exact) mass is 478 g/mol. The number of amides is 1.